The van der Waals surface area contributed by atoms with Crippen molar-refractivity contribution in [3.05, 3.63) is 72.1 Å². The molecule has 1 aromatic carbocycles. The van der Waals surface area contributed by atoms with Gasteiger partial charge >= 0.3 is 5.97 Å². The smallest absolute Gasteiger partial charge is 0.326 e. The monoisotopic (exact) mass is 390 g/mol. The summed E-state index contributed by atoms with van der Waals surface area (Å²) < 4.78 is 1.56. The number of para-hydroxylation sites is 1. The number of nitrogens with one attached hydrogen (secondary N) is 2. The Morgan fingerprint density at radius 3 is 2.79 bits per heavy atom. The molecule has 3 aromatic heterocycles. The summed E-state index contributed by atoms with van der Waals surface area (Å²) in [6.07, 6.45) is 4.49. The van der Waals surface area contributed by atoms with Gasteiger partial charge in [-0.05, 0) is 25.1 Å². The van der Waals surface area contributed by atoms with Crippen molar-refractivity contribution in [2.24, 2.45) is 0 Å². The number of nitrogens with zero attached hydrogens (tertiary/aromatic N) is 4. The van der Waals surface area contributed by atoms with E-state index in [-0.39, 0.29) is 12.0 Å². The van der Waals surface area contributed by atoms with Gasteiger partial charge in [0.25, 0.3) is 5.91 Å². The van der Waals surface area contributed by atoms with Gasteiger partial charge in [-0.1, -0.05) is 18.2 Å². The van der Waals surface area contributed by atoms with E-state index >= 15 is 0 Å². The lowest BCUT2D eigenvalue weighted by Gasteiger charge is -2.13. The van der Waals surface area contributed by atoms with Crippen LogP contribution < -0.4 is 5.32 Å². The summed E-state index contributed by atoms with van der Waals surface area (Å²) in [5.74, 6) is -1.07. The predicted octanol–water partition coefficient (Wildman–Crippen LogP) is 1.88. The first-order chi connectivity index (χ1) is 14.0. The normalized spacial score (nSPS) is 12.0. The van der Waals surface area contributed by atoms with Crippen LogP contribution in [0.3, 0.4) is 0 Å². The second-order valence-electron chi connectivity index (χ2n) is 6.56. The first-order valence-corrected chi connectivity index (χ1v) is 8.94. The zero-order valence-corrected chi connectivity index (χ0v) is 15.5. The average molecular weight is 390 g/mol. The lowest BCUT2D eigenvalue weighted by Crippen LogP contribution is -2.42. The van der Waals surface area contributed by atoms with Gasteiger partial charge in [-0.3, -0.25) is 4.79 Å². The number of aliphatic carboxylic acids is 1. The van der Waals surface area contributed by atoms with E-state index in [0.717, 1.165) is 10.9 Å². The molecule has 4 aromatic rings. The largest absolute Gasteiger partial charge is 0.480 e. The quantitative estimate of drug-likeness (QED) is 0.461. The maximum absolute atomic E-state index is 12.7. The zero-order valence-electron chi connectivity index (χ0n) is 15.5. The van der Waals surface area contributed by atoms with E-state index in [4.69, 9.17) is 0 Å². The number of fused-ring (bicyclic) bond motifs is 1. The molecular weight excluding hydrogens is 372 g/mol. The molecule has 0 bridgehead atoms. The van der Waals surface area contributed by atoms with Crippen LogP contribution in [0.2, 0.25) is 0 Å². The maximum atomic E-state index is 12.7. The molecule has 3 heterocycles. The fourth-order valence-electron chi connectivity index (χ4n) is 3.09. The molecular formula is C20H18N6O3. The van der Waals surface area contributed by atoms with Crippen LogP contribution in [0, 0.1) is 6.92 Å². The number of carboxylic acid groups (broad SMARTS) is 1. The summed E-state index contributed by atoms with van der Waals surface area (Å²) >= 11 is 0. The molecule has 0 saturated carbocycles. The topological polar surface area (TPSA) is 126 Å². The third-order valence-electron chi connectivity index (χ3n) is 4.64. The number of hydrogen-bond acceptors (Lipinski definition) is 5. The van der Waals surface area contributed by atoms with Crippen molar-refractivity contribution >= 4 is 22.8 Å². The molecule has 0 aliphatic heterocycles. The molecule has 0 spiro atoms. The number of aromatic nitrogens is 5. The number of benzene rings is 1. The number of amides is 1. The lowest BCUT2D eigenvalue weighted by atomic mass is 10.1. The van der Waals surface area contributed by atoms with E-state index in [9.17, 15) is 14.7 Å². The number of carbonyl (C=O) groups excluding carboxylic acids is 1. The molecule has 0 saturated heterocycles. The van der Waals surface area contributed by atoms with Crippen LogP contribution in [0.5, 0.6) is 0 Å². The highest BCUT2D eigenvalue weighted by atomic mass is 16.4. The molecule has 4 rings (SSSR count). The third-order valence-corrected chi connectivity index (χ3v) is 4.64. The van der Waals surface area contributed by atoms with Crippen molar-refractivity contribution in [3.63, 3.8) is 0 Å². The Balaban J connectivity index is 1.58. The lowest BCUT2D eigenvalue weighted by molar-refractivity contribution is -0.139. The Morgan fingerprint density at radius 1 is 1.21 bits per heavy atom. The van der Waals surface area contributed by atoms with Crippen LogP contribution in [0.1, 0.15) is 21.7 Å². The second-order valence-corrected chi connectivity index (χ2v) is 6.56. The molecule has 0 aliphatic rings. The first-order valence-electron chi connectivity index (χ1n) is 8.94. The fourth-order valence-corrected chi connectivity index (χ4v) is 3.09. The summed E-state index contributed by atoms with van der Waals surface area (Å²) in [5, 5.41) is 17.3. The van der Waals surface area contributed by atoms with E-state index < -0.39 is 17.9 Å². The Morgan fingerprint density at radius 2 is 2.03 bits per heavy atom. The molecule has 3 N–H and O–H groups in total. The Kier molecular flexibility index (Phi) is 4.78. The number of carbonyl (C=O) groups is 2. The summed E-state index contributed by atoms with van der Waals surface area (Å²) in [4.78, 5) is 35.5. The van der Waals surface area contributed by atoms with Crippen molar-refractivity contribution in [1.29, 1.82) is 0 Å². The van der Waals surface area contributed by atoms with Crippen molar-refractivity contribution < 1.29 is 14.7 Å². The second kappa shape index (κ2) is 7.55. The van der Waals surface area contributed by atoms with Crippen molar-refractivity contribution in [2.45, 2.75) is 19.4 Å². The molecule has 0 radical (unpaired) electrons. The van der Waals surface area contributed by atoms with Gasteiger partial charge in [0.05, 0.1) is 29.3 Å². The highest BCUT2D eigenvalue weighted by Crippen LogP contribution is 2.17. The first kappa shape index (κ1) is 18.4. The van der Waals surface area contributed by atoms with Gasteiger partial charge in [-0.2, -0.15) is 5.10 Å². The van der Waals surface area contributed by atoms with E-state index in [1.54, 1.807) is 11.6 Å². The number of hydrogen-bond donors (Lipinski definition) is 3. The van der Waals surface area contributed by atoms with Gasteiger partial charge in [-0.25, -0.2) is 19.4 Å². The van der Waals surface area contributed by atoms with E-state index in [0.29, 0.717) is 17.2 Å². The molecule has 1 unspecified atom stereocenters. The molecule has 9 nitrogen and oxygen atoms in total. The van der Waals surface area contributed by atoms with E-state index in [2.05, 4.69) is 25.4 Å². The summed E-state index contributed by atoms with van der Waals surface area (Å²) in [5.41, 5.74) is 2.29. The number of aromatic amines is 1. The van der Waals surface area contributed by atoms with Crippen LogP contribution in [0.25, 0.3) is 16.7 Å². The SMILES string of the molecule is Cc1c(C(=O)NC(Cc2cnc[nH]2)C(=O)O)cnn1-c1ccc2ccccc2n1. The van der Waals surface area contributed by atoms with Gasteiger partial charge in [0.15, 0.2) is 5.82 Å². The van der Waals surface area contributed by atoms with Gasteiger partial charge in [0.1, 0.15) is 6.04 Å². The molecule has 0 aliphatic carbocycles. The predicted molar refractivity (Wildman–Crippen MR) is 105 cm³/mol. The Bertz CT molecular complexity index is 1180. The minimum absolute atomic E-state index is 0.0977. The standard InChI is InChI=1S/C20H18N6O3/c1-12-15(19(27)25-17(20(28)29)8-14-9-21-11-22-14)10-23-26(12)18-7-6-13-4-2-3-5-16(13)24-18/h2-7,9-11,17H,8H2,1H3,(H,21,22)(H,25,27)(H,28,29). The van der Waals surface area contributed by atoms with Gasteiger partial charge in [0, 0.05) is 23.7 Å². The molecule has 1 amide bonds. The highest BCUT2D eigenvalue weighted by Gasteiger charge is 2.24. The minimum atomic E-state index is -1.13. The summed E-state index contributed by atoms with van der Waals surface area (Å²) in [6, 6.07) is 10.4. The number of carboxylic acids is 1. The van der Waals surface area contributed by atoms with Crippen LogP contribution in [-0.2, 0) is 11.2 Å². The van der Waals surface area contributed by atoms with Gasteiger partial charge < -0.3 is 15.4 Å². The zero-order chi connectivity index (χ0) is 20.4. The van der Waals surface area contributed by atoms with Crippen LogP contribution >= 0.6 is 0 Å². The number of imidazole rings is 1. The van der Waals surface area contributed by atoms with Crippen molar-refractivity contribution in [2.75, 3.05) is 0 Å². The molecule has 1 atom stereocenters. The number of H-pyrrole nitrogens is 1. The van der Waals surface area contributed by atoms with Crippen molar-refractivity contribution in [1.82, 2.24) is 30.0 Å². The average Bonchev–Trinajstić information content (AvgIpc) is 3.36. The van der Waals surface area contributed by atoms with Crippen LogP contribution in [-0.4, -0.2) is 47.8 Å². The summed E-state index contributed by atoms with van der Waals surface area (Å²) in [7, 11) is 0. The number of pyridine rings is 1. The van der Waals surface area contributed by atoms with Gasteiger partial charge in [0.2, 0.25) is 0 Å². The molecule has 29 heavy (non-hydrogen) atoms. The van der Waals surface area contributed by atoms with Crippen LogP contribution in [0.4, 0.5) is 0 Å². The minimum Gasteiger partial charge on any atom is -0.480 e. The summed E-state index contributed by atoms with van der Waals surface area (Å²) in [6.45, 7) is 1.74. The Labute approximate surface area is 165 Å². The number of rotatable bonds is 6. The highest BCUT2D eigenvalue weighted by molar-refractivity contribution is 5.97. The van der Waals surface area contributed by atoms with Crippen LogP contribution in [0.15, 0.2) is 55.1 Å². The third kappa shape index (κ3) is 3.70. The maximum Gasteiger partial charge on any atom is 0.326 e. The van der Waals surface area contributed by atoms with Gasteiger partial charge in [-0.15, -0.1) is 0 Å². The fraction of sp³-hybridized carbons (Fsp3) is 0.150. The Hall–Kier alpha value is -4.01. The molecule has 146 valence electrons. The molecule has 9 heteroatoms. The molecule has 0 fully saturated rings. The van der Waals surface area contributed by atoms with Crippen molar-refractivity contribution in [3.8, 4) is 5.82 Å². The van der Waals surface area contributed by atoms with E-state index in [1.807, 2.05) is 36.4 Å². The van der Waals surface area contributed by atoms with E-state index in [1.165, 1.54) is 18.7 Å².